The van der Waals surface area contributed by atoms with Crippen molar-refractivity contribution in [1.82, 2.24) is 9.55 Å². The molecule has 0 spiro atoms. The zero-order valence-electron chi connectivity index (χ0n) is 15.4. The molecule has 0 unspecified atom stereocenters. The van der Waals surface area contributed by atoms with E-state index in [4.69, 9.17) is 9.72 Å². The lowest BCUT2D eigenvalue weighted by Crippen LogP contribution is -2.09. The second kappa shape index (κ2) is 7.57. The van der Waals surface area contributed by atoms with Gasteiger partial charge in [0.15, 0.2) is 0 Å². The molecule has 0 saturated carbocycles. The number of aryl methyl sites for hydroxylation is 2. The Morgan fingerprint density at radius 2 is 1.70 bits per heavy atom. The van der Waals surface area contributed by atoms with Gasteiger partial charge in [-0.25, -0.2) is 4.98 Å². The highest BCUT2D eigenvalue weighted by Gasteiger charge is 2.12. The van der Waals surface area contributed by atoms with E-state index in [1.165, 1.54) is 11.1 Å². The Kier molecular flexibility index (Phi) is 4.99. The Bertz CT molecular complexity index is 1080. The maximum atomic E-state index is 6.05. The van der Waals surface area contributed by atoms with Crippen molar-refractivity contribution in [3.05, 3.63) is 82.3 Å². The summed E-state index contributed by atoms with van der Waals surface area (Å²) >= 11 is 3.56. The van der Waals surface area contributed by atoms with E-state index in [1.807, 2.05) is 18.2 Å². The zero-order valence-corrected chi connectivity index (χ0v) is 17.0. The minimum Gasteiger partial charge on any atom is -0.492 e. The fourth-order valence-corrected chi connectivity index (χ4v) is 3.82. The van der Waals surface area contributed by atoms with Crippen LogP contribution in [-0.4, -0.2) is 16.2 Å². The Morgan fingerprint density at radius 3 is 2.48 bits per heavy atom. The topological polar surface area (TPSA) is 27.1 Å². The van der Waals surface area contributed by atoms with E-state index in [9.17, 15) is 0 Å². The Morgan fingerprint density at radius 1 is 0.926 bits per heavy atom. The molecular formula is C23H21BrN2O. The number of imidazole rings is 1. The first kappa shape index (κ1) is 17.8. The van der Waals surface area contributed by atoms with Gasteiger partial charge >= 0.3 is 0 Å². The highest BCUT2D eigenvalue weighted by atomic mass is 79.9. The van der Waals surface area contributed by atoms with Crippen molar-refractivity contribution < 1.29 is 4.74 Å². The molecule has 1 heterocycles. The quantitative estimate of drug-likeness (QED) is 0.386. The van der Waals surface area contributed by atoms with Gasteiger partial charge in [-0.2, -0.15) is 0 Å². The standard InChI is InChI=1S/C23H21BrN2O/c1-16-12-17(2)14-20(13-16)27-11-10-26-22-9-4-3-8-21(22)25-23(26)18-6-5-7-19(24)15-18/h3-9,12-15H,10-11H2,1-2H3. The van der Waals surface area contributed by atoms with Gasteiger partial charge in [-0.3, -0.25) is 0 Å². The van der Waals surface area contributed by atoms with Gasteiger partial charge < -0.3 is 9.30 Å². The third kappa shape index (κ3) is 3.91. The summed E-state index contributed by atoms with van der Waals surface area (Å²) in [6, 6.07) is 22.8. The molecule has 3 aromatic carbocycles. The van der Waals surface area contributed by atoms with Crippen molar-refractivity contribution in [2.24, 2.45) is 0 Å². The molecule has 136 valence electrons. The second-order valence-corrected chi connectivity index (χ2v) is 7.67. The van der Waals surface area contributed by atoms with Crippen LogP contribution in [-0.2, 0) is 6.54 Å². The molecule has 0 fully saturated rings. The molecular weight excluding hydrogens is 400 g/mol. The predicted octanol–water partition coefficient (Wildman–Crippen LogP) is 6.16. The summed E-state index contributed by atoms with van der Waals surface area (Å²) in [6.45, 7) is 5.50. The van der Waals surface area contributed by atoms with Gasteiger partial charge in [0.2, 0.25) is 0 Å². The molecule has 4 heteroatoms. The summed E-state index contributed by atoms with van der Waals surface area (Å²) in [4.78, 5) is 4.86. The zero-order chi connectivity index (χ0) is 18.8. The average Bonchev–Trinajstić information content (AvgIpc) is 3.00. The van der Waals surface area contributed by atoms with Crippen molar-refractivity contribution >= 4 is 27.0 Å². The van der Waals surface area contributed by atoms with Gasteiger partial charge in [-0.05, 0) is 61.4 Å². The van der Waals surface area contributed by atoms with Gasteiger partial charge in [0.05, 0.1) is 17.6 Å². The van der Waals surface area contributed by atoms with Crippen molar-refractivity contribution in [1.29, 1.82) is 0 Å². The van der Waals surface area contributed by atoms with Gasteiger partial charge in [0.1, 0.15) is 18.2 Å². The van der Waals surface area contributed by atoms with Crippen LogP contribution in [0.3, 0.4) is 0 Å². The van der Waals surface area contributed by atoms with Crippen LogP contribution in [0.1, 0.15) is 11.1 Å². The predicted molar refractivity (Wildman–Crippen MR) is 114 cm³/mol. The molecule has 0 aliphatic rings. The van der Waals surface area contributed by atoms with Gasteiger partial charge in [-0.15, -0.1) is 0 Å². The number of ether oxygens (including phenoxy) is 1. The van der Waals surface area contributed by atoms with Crippen molar-refractivity contribution in [2.75, 3.05) is 6.61 Å². The van der Waals surface area contributed by atoms with Crippen LogP contribution in [0.15, 0.2) is 71.2 Å². The first-order valence-electron chi connectivity index (χ1n) is 9.02. The molecule has 0 aliphatic carbocycles. The molecule has 0 radical (unpaired) electrons. The molecule has 0 aliphatic heterocycles. The summed E-state index contributed by atoms with van der Waals surface area (Å²) in [6.07, 6.45) is 0. The number of aromatic nitrogens is 2. The number of nitrogens with zero attached hydrogens (tertiary/aromatic N) is 2. The lowest BCUT2D eigenvalue weighted by molar-refractivity contribution is 0.300. The largest absolute Gasteiger partial charge is 0.492 e. The van der Waals surface area contributed by atoms with E-state index in [-0.39, 0.29) is 0 Å². The maximum absolute atomic E-state index is 6.05. The van der Waals surface area contributed by atoms with Gasteiger partial charge in [-0.1, -0.05) is 46.3 Å². The molecule has 27 heavy (non-hydrogen) atoms. The van der Waals surface area contributed by atoms with Crippen molar-refractivity contribution in [2.45, 2.75) is 20.4 Å². The second-order valence-electron chi connectivity index (χ2n) is 6.76. The summed E-state index contributed by atoms with van der Waals surface area (Å²) in [5.74, 6) is 1.88. The van der Waals surface area contributed by atoms with Crippen molar-refractivity contribution in [3.8, 4) is 17.1 Å². The number of halogens is 1. The van der Waals surface area contributed by atoms with Gasteiger partial charge in [0, 0.05) is 10.0 Å². The summed E-state index contributed by atoms with van der Waals surface area (Å²) in [5.41, 5.74) is 5.64. The van der Waals surface area contributed by atoms with Crippen LogP contribution in [0.2, 0.25) is 0 Å². The average molecular weight is 421 g/mol. The fourth-order valence-electron chi connectivity index (χ4n) is 3.42. The molecule has 0 bridgehead atoms. The third-order valence-corrected chi connectivity index (χ3v) is 5.01. The number of hydrogen-bond donors (Lipinski definition) is 0. The van der Waals surface area contributed by atoms with E-state index in [1.54, 1.807) is 0 Å². The molecule has 4 aromatic rings. The molecule has 3 nitrogen and oxygen atoms in total. The summed E-state index contributed by atoms with van der Waals surface area (Å²) in [5, 5.41) is 0. The van der Waals surface area contributed by atoms with E-state index >= 15 is 0 Å². The molecule has 1 aromatic heterocycles. The maximum Gasteiger partial charge on any atom is 0.141 e. The highest BCUT2D eigenvalue weighted by Crippen LogP contribution is 2.27. The SMILES string of the molecule is Cc1cc(C)cc(OCCn2c(-c3cccc(Br)c3)nc3ccccc32)c1. The lowest BCUT2D eigenvalue weighted by Gasteiger charge is -2.12. The van der Waals surface area contributed by atoms with Crippen LogP contribution in [0.5, 0.6) is 5.75 Å². The molecule has 0 saturated heterocycles. The number of para-hydroxylation sites is 2. The monoisotopic (exact) mass is 420 g/mol. The van der Waals surface area contributed by atoms with E-state index < -0.39 is 0 Å². The van der Waals surface area contributed by atoms with Crippen LogP contribution in [0, 0.1) is 13.8 Å². The Labute approximate surface area is 167 Å². The highest BCUT2D eigenvalue weighted by molar-refractivity contribution is 9.10. The number of rotatable bonds is 5. The van der Waals surface area contributed by atoms with Crippen LogP contribution in [0.25, 0.3) is 22.4 Å². The lowest BCUT2D eigenvalue weighted by atomic mass is 10.1. The summed E-state index contributed by atoms with van der Waals surface area (Å²) < 4.78 is 9.33. The molecule has 0 atom stereocenters. The summed E-state index contributed by atoms with van der Waals surface area (Å²) in [7, 11) is 0. The third-order valence-electron chi connectivity index (χ3n) is 4.52. The van der Waals surface area contributed by atoms with E-state index in [2.05, 4.69) is 82.9 Å². The minimum absolute atomic E-state index is 0.588. The number of hydrogen-bond acceptors (Lipinski definition) is 2. The number of benzene rings is 3. The normalized spacial score (nSPS) is 11.1. The van der Waals surface area contributed by atoms with Crippen LogP contribution < -0.4 is 4.74 Å². The molecule has 0 amide bonds. The minimum atomic E-state index is 0.588. The van der Waals surface area contributed by atoms with E-state index in [0.29, 0.717) is 6.61 Å². The fraction of sp³-hybridized carbons (Fsp3) is 0.174. The molecule has 0 N–H and O–H groups in total. The Balaban J connectivity index is 1.65. The van der Waals surface area contributed by atoms with E-state index in [0.717, 1.165) is 39.2 Å². The van der Waals surface area contributed by atoms with Crippen LogP contribution in [0.4, 0.5) is 0 Å². The first-order valence-corrected chi connectivity index (χ1v) is 9.82. The number of fused-ring (bicyclic) bond motifs is 1. The van der Waals surface area contributed by atoms with Crippen molar-refractivity contribution in [3.63, 3.8) is 0 Å². The van der Waals surface area contributed by atoms with Crippen LogP contribution >= 0.6 is 15.9 Å². The molecule has 4 rings (SSSR count). The first-order chi connectivity index (χ1) is 13.1. The van der Waals surface area contributed by atoms with Gasteiger partial charge in [0.25, 0.3) is 0 Å². The Hall–Kier alpha value is -2.59. The smallest absolute Gasteiger partial charge is 0.141 e.